The van der Waals surface area contributed by atoms with Crippen molar-refractivity contribution in [2.45, 2.75) is 0 Å². The van der Waals surface area contributed by atoms with Crippen molar-refractivity contribution in [3.63, 3.8) is 0 Å². The molecule has 0 fully saturated rings. The first-order valence-electron chi connectivity index (χ1n) is 10.2. The van der Waals surface area contributed by atoms with E-state index < -0.39 is 0 Å². The summed E-state index contributed by atoms with van der Waals surface area (Å²) >= 11 is 3.77. The van der Waals surface area contributed by atoms with Crippen molar-refractivity contribution >= 4 is 90.5 Å². The molecule has 0 unspecified atom stereocenters. The molecule has 0 atom stereocenters. The summed E-state index contributed by atoms with van der Waals surface area (Å²) in [5.74, 6) is 0. The highest BCUT2D eigenvalue weighted by Crippen LogP contribution is 2.47. The fraction of sp³-hybridized carbons (Fsp3) is 0. The Labute approximate surface area is 183 Å². The minimum Gasteiger partial charge on any atom is -0.298 e. The van der Waals surface area contributed by atoms with Crippen LogP contribution in [0.2, 0.25) is 0 Å². The number of pyridine rings is 2. The number of benzene rings is 3. The van der Waals surface area contributed by atoms with Crippen LogP contribution in [0.3, 0.4) is 0 Å². The Morgan fingerprint density at radius 2 is 1.45 bits per heavy atom. The summed E-state index contributed by atoms with van der Waals surface area (Å²) < 4.78 is 7.59. The lowest BCUT2D eigenvalue weighted by atomic mass is 10.0. The molecular weight excluding hydrogens is 418 g/mol. The number of rotatable bonds is 0. The highest BCUT2D eigenvalue weighted by atomic mass is 32.1. The smallest absolute Gasteiger partial charge is 0.146 e. The molecule has 0 radical (unpaired) electrons. The van der Waals surface area contributed by atoms with Crippen LogP contribution in [-0.2, 0) is 0 Å². The summed E-state index contributed by atoms with van der Waals surface area (Å²) in [5.41, 5.74) is 3.18. The van der Waals surface area contributed by atoms with E-state index in [2.05, 4.69) is 65.2 Å². The average Bonchev–Trinajstić information content (AvgIpc) is 3.53. The van der Waals surface area contributed by atoms with Crippen LogP contribution in [0.15, 0.2) is 79.3 Å². The molecule has 5 heteroatoms. The summed E-state index contributed by atoms with van der Waals surface area (Å²) in [6.07, 6.45) is 5.85. The Morgan fingerprint density at radius 3 is 2.42 bits per heavy atom. The standard InChI is InChI=1S/C26H13N3S2/c1-2-6-18-14(4-1)15-7-9-20-22(25(15)31-18)21-19(30-20)10-8-16-23-17(5-3-11-27-23)26-28-12-13-29(26)24(16)21/h1-13H. The normalized spacial score (nSPS) is 12.5. The molecule has 0 bridgehead atoms. The van der Waals surface area contributed by atoms with Crippen molar-refractivity contribution in [3.8, 4) is 0 Å². The molecule has 3 aromatic carbocycles. The Bertz CT molecular complexity index is 2010. The molecule has 0 aliphatic carbocycles. The first-order valence-corrected chi connectivity index (χ1v) is 11.8. The second-order valence-corrected chi connectivity index (χ2v) is 10.0. The number of aromatic nitrogens is 3. The Hall–Kier alpha value is -3.54. The first kappa shape index (κ1) is 16.2. The number of nitrogens with zero attached hydrogens (tertiary/aromatic N) is 3. The molecule has 3 nitrogen and oxygen atoms in total. The number of fused-ring (bicyclic) bond motifs is 14. The molecule has 8 rings (SSSR count). The van der Waals surface area contributed by atoms with Crippen LogP contribution >= 0.6 is 22.7 Å². The molecule has 31 heavy (non-hydrogen) atoms. The van der Waals surface area contributed by atoms with Crippen molar-refractivity contribution in [2.75, 3.05) is 0 Å². The lowest BCUT2D eigenvalue weighted by Gasteiger charge is -2.09. The minimum absolute atomic E-state index is 0.964. The summed E-state index contributed by atoms with van der Waals surface area (Å²) in [6, 6.07) is 21.9. The molecular formula is C26H13N3S2. The lowest BCUT2D eigenvalue weighted by Crippen LogP contribution is -1.92. The fourth-order valence-electron chi connectivity index (χ4n) is 5.04. The van der Waals surface area contributed by atoms with Gasteiger partial charge in [0, 0.05) is 69.7 Å². The topological polar surface area (TPSA) is 30.2 Å². The Balaban J connectivity index is 1.74. The van der Waals surface area contributed by atoms with Crippen LogP contribution in [0.1, 0.15) is 0 Å². The van der Waals surface area contributed by atoms with Gasteiger partial charge in [0.2, 0.25) is 0 Å². The van der Waals surface area contributed by atoms with E-state index in [4.69, 9.17) is 9.97 Å². The number of hydrogen-bond donors (Lipinski definition) is 0. The largest absolute Gasteiger partial charge is 0.298 e. The minimum atomic E-state index is 0.964. The number of thiophene rings is 2. The maximum Gasteiger partial charge on any atom is 0.146 e. The summed E-state index contributed by atoms with van der Waals surface area (Å²) in [7, 11) is 0. The Morgan fingerprint density at radius 1 is 0.613 bits per heavy atom. The molecule has 0 saturated carbocycles. The maximum absolute atomic E-state index is 4.76. The fourth-order valence-corrected chi connectivity index (χ4v) is 7.47. The van der Waals surface area contributed by atoms with E-state index in [9.17, 15) is 0 Å². The van der Waals surface area contributed by atoms with Gasteiger partial charge < -0.3 is 0 Å². The van der Waals surface area contributed by atoms with Gasteiger partial charge in [0.15, 0.2) is 0 Å². The average molecular weight is 432 g/mol. The SMILES string of the molecule is c1ccc2c(c1)sc1c2ccc2sc3ccc4c5ncccc5c5nccn5c4c3c21. The molecule has 5 heterocycles. The molecule has 5 aromatic heterocycles. The van der Waals surface area contributed by atoms with Crippen LogP contribution in [0.5, 0.6) is 0 Å². The molecule has 0 spiro atoms. The van der Waals surface area contributed by atoms with Crippen molar-refractivity contribution in [1.82, 2.24) is 14.4 Å². The van der Waals surface area contributed by atoms with Crippen molar-refractivity contribution < 1.29 is 0 Å². The Kier molecular flexibility index (Phi) is 2.91. The van der Waals surface area contributed by atoms with E-state index in [1.54, 1.807) is 0 Å². The third-order valence-electron chi connectivity index (χ3n) is 6.30. The van der Waals surface area contributed by atoms with E-state index in [0.717, 1.165) is 16.6 Å². The highest BCUT2D eigenvalue weighted by molar-refractivity contribution is 7.29. The zero-order valence-corrected chi connectivity index (χ0v) is 17.8. The lowest BCUT2D eigenvalue weighted by molar-refractivity contribution is 1.27. The first-order chi connectivity index (χ1) is 15.4. The second kappa shape index (κ2) is 5.58. The third-order valence-corrected chi connectivity index (χ3v) is 8.63. The van der Waals surface area contributed by atoms with Gasteiger partial charge in [-0.2, -0.15) is 0 Å². The van der Waals surface area contributed by atoms with Gasteiger partial charge in [0.25, 0.3) is 0 Å². The zero-order chi connectivity index (χ0) is 20.1. The van der Waals surface area contributed by atoms with E-state index in [1.165, 1.54) is 51.2 Å². The van der Waals surface area contributed by atoms with Crippen molar-refractivity contribution in [2.24, 2.45) is 0 Å². The number of imidazole rings is 1. The van der Waals surface area contributed by atoms with E-state index in [0.29, 0.717) is 0 Å². The third kappa shape index (κ3) is 1.93. The van der Waals surface area contributed by atoms with Crippen LogP contribution in [0, 0.1) is 0 Å². The van der Waals surface area contributed by atoms with Gasteiger partial charge in [-0.1, -0.05) is 24.3 Å². The van der Waals surface area contributed by atoms with Crippen LogP contribution in [-0.4, -0.2) is 14.4 Å². The second-order valence-electron chi connectivity index (χ2n) is 7.87. The van der Waals surface area contributed by atoms with Gasteiger partial charge in [-0.25, -0.2) is 4.98 Å². The molecule has 0 saturated heterocycles. The summed E-state index contributed by atoms with van der Waals surface area (Å²) in [6.45, 7) is 0. The quantitative estimate of drug-likeness (QED) is 0.230. The monoisotopic (exact) mass is 431 g/mol. The molecule has 0 amide bonds. The highest BCUT2D eigenvalue weighted by Gasteiger charge is 2.18. The van der Waals surface area contributed by atoms with Gasteiger partial charge in [-0.05, 0) is 36.4 Å². The van der Waals surface area contributed by atoms with Crippen molar-refractivity contribution in [1.29, 1.82) is 0 Å². The van der Waals surface area contributed by atoms with Gasteiger partial charge in [-0.3, -0.25) is 9.38 Å². The predicted molar refractivity (Wildman–Crippen MR) is 134 cm³/mol. The molecule has 144 valence electrons. The molecule has 0 aliphatic rings. The van der Waals surface area contributed by atoms with Crippen LogP contribution in [0.25, 0.3) is 67.8 Å². The van der Waals surface area contributed by atoms with E-state index in [-0.39, 0.29) is 0 Å². The van der Waals surface area contributed by atoms with Crippen LogP contribution < -0.4 is 0 Å². The zero-order valence-electron chi connectivity index (χ0n) is 16.2. The van der Waals surface area contributed by atoms with E-state index in [1.807, 2.05) is 41.1 Å². The van der Waals surface area contributed by atoms with Gasteiger partial charge in [0.1, 0.15) is 5.65 Å². The van der Waals surface area contributed by atoms with Gasteiger partial charge in [0.05, 0.1) is 11.0 Å². The summed E-state index contributed by atoms with van der Waals surface area (Å²) in [5, 5.41) is 7.60. The van der Waals surface area contributed by atoms with Gasteiger partial charge in [-0.15, -0.1) is 22.7 Å². The summed E-state index contributed by atoms with van der Waals surface area (Å²) in [4.78, 5) is 9.45. The van der Waals surface area contributed by atoms with Crippen LogP contribution in [0.4, 0.5) is 0 Å². The molecule has 0 N–H and O–H groups in total. The predicted octanol–water partition coefficient (Wildman–Crippen LogP) is 7.77. The number of hydrogen-bond acceptors (Lipinski definition) is 4. The van der Waals surface area contributed by atoms with Gasteiger partial charge >= 0.3 is 0 Å². The van der Waals surface area contributed by atoms with Crippen molar-refractivity contribution in [3.05, 3.63) is 79.3 Å². The van der Waals surface area contributed by atoms with E-state index >= 15 is 0 Å². The maximum atomic E-state index is 4.76. The molecule has 8 aromatic rings. The molecule has 0 aliphatic heterocycles.